The topological polar surface area (TPSA) is 42.0 Å². The molecule has 0 aliphatic heterocycles. The quantitative estimate of drug-likeness (QED) is 0.858. The summed E-state index contributed by atoms with van der Waals surface area (Å²) in [6.07, 6.45) is 1.39. The van der Waals surface area contributed by atoms with E-state index in [0.29, 0.717) is 5.69 Å². The van der Waals surface area contributed by atoms with Crippen LogP contribution in [0.2, 0.25) is 0 Å². The molecule has 1 aromatic heterocycles. The van der Waals surface area contributed by atoms with E-state index in [9.17, 15) is 13.6 Å². The monoisotopic (exact) mass is 308 g/mol. The zero-order valence-electron chi connectivity index (χ0n) is 11.6. The highest BCUT2D eigenvalue weighted by Crippen LogP contribution is 2.27. The van der Waals surface area contributed by atoms with Gasteiger partial charge in [0.05, 0.1) is 5.56 Å². The van der Waals surface area contributed by atoms with E-state index in [1.54, 1.807) is 6.07 Å². The number of rotatable bonds is 4. The molecule has 1 amide bonds. The molecule has 0 unspecified atom stereocenters. The van der Waals surface area contributed by atoms with E-state index >= 15 is 0 Å². The molecule has 0 bridgehead atoms. The fraction of sp³-hybridized carbons (Fsp3) is 0.200. The van der Waals surface area contributed by atoms with Crippen LogP contribution in [0.3, 0.4) is 0 Å². The molecule has 0 saturated carbocycles. The Morgan fingerprint density at radius 1 is 1.29 bits per heavy atom. The number of aromatic nitrogens is 1. The summed E-state index contributed by atoms with van der Waals surface area (Å²) < 4.78 is 25.0. The van der Waals surface area contributed by atoms with Gasteiger partial charge in [-0.25, -0.2) is 4.98 Å². The van der Waals surface area contributed by atoms with Crippen molar-refractivity contribution in [2.45, 2.75) is 24.6 Å². The van der Waals surface area contributed by atoms with E-state index in [1.807, 2.05) is 32.0 Å². The molecule has 0 saturated heterocycles. The van der Waals surface area contributed by atoms with Gasteiger partial charge in [0.2, 0.25) is 0 Å². The minimum atomic E-state index is -2.62. The van der Waals surface area contributed by atoms with E-state index in [2.05, 4.69) is 10.3 Å². The maximum absolute atomic E-state index is 12.5. The Kier molecular flexibility index (Phi) is 4.90. The number of hydrogen-bond acceptors (Lipinski definition) is 3. The minimum Gasteiger partial charge on any atom is -0.322 e. The third-order valence-corrected chi connectivity index (χ3v) is 3.58. The highest BCUT2D eigenvalue weighted by atomic mass is 32.2. The molecule has 6 heteroatoms. The summed E-state index contributed by atoms with van der Waals surface area (Å²) in [5.41, 5.74) is 2.71. The number of halogens is 2. The highest BCUT2D eigenvalue weighted by Gasteiger charge is 2.17. The Hall–Kier alpha value is -1.95. The molecule has 2 aromatic rings. The molecule has 3 nitrogen and oxygen atoms in total. The van der Waals surface area contributed by atoms with Crippen LogP contribution in [0.25, 0.3) is 0 Å². The molecule has 1 N–H and O–H groups in total. The smallest absolute Gasteiger partial charge is 0.290 e. The lowest BCUT2D eigenvalue weighted by Crippen LogP contribution is -2.14. The van der Waals surface area contributed by atoms with Crippen LogP contribution in [0, 0.1) is 13.8 Å². The fourth-order valence-electron chi connectivity index (χ4n) is 1.80. The summed E-state index contributed by atoms with van der Waals surface area (Å²) in [5.74, 6) is -3.06. The lowest BCUT2D eigenvalue weighted by atomic mass is 10.1. The van der Waals surface area contributed by atoms with Gasteiger partial charge in [-0.05, 0) is 54.9 Å². The van der Waals surface area contributed by atoms with Crippen molar-refractivity contribution < 1.29 is 13.6 Å². The first-order valence-corrected chi connectivity index (χ1v) is 7.14. The Morgan fingerprint density at radius 2 is 2.05 bits per heavy atom. The van der Waals surface area contributed by atoms with E-state index in [-0.39, 0.29) is 22.4 Å². The zero-order chi connectivity index (χ0) is 15.4. The molecule has 0 spiro atoms. The van der Waals surface area contributed by atoms with Crippen molar-refractivity contribution in [2.24, 2.45) is 0 Å². The molecule has 1 heterocycles. The average Bonchev–Trinajstić information content (AvgIpc) is 2.42. The number of aryl methyl sites for hydroxylation is 2. The molecule has 0 radical (unpaired) electrons. The molecule has 21 heavy (non-hydrogen) atoms. The number of thioether (sulfide) groups is 1. The SMILES string of the molecule is Cc1ccc(C)c(NC(=O)c2cccnc2SC(F)F)c1. The van der Waals surface area contributed by atoms with Crippen molar-refractivity contribution >= 4 is 23.4 Å². The second-order valence-electron chi connectivity index (χ2n) is 4.51. The van der Waals surface area contributed by atoms with Gasteiger partial charge >= 0.3 is 0 Å². The number of pyridine rings is 1. The van der Waals surface area contributed by atoms with Gasteiger partial charge in [-0.1, -0.05) is 12.1 Å². The van der Waals surface area contributed by atoms with Gasteiger partial charge in [0, 0.05) is 11.9 Å². The fourth-order valence-corrected chi connectivity index (χ4v) is 2.38. The van der Waals surface area contributed by atoms with Gasteiger partial charge in [0.25, 0.3) is 11.7 Å². The Morgan fingerprint density at radius 3 is 2.76 bits per heavy atom. The summed E-state index contributed by atoms with van der Waals surface area (Å²) in [4.78, 5) is 16.1. The summed E-state index contributed by atoms with van der Waals surface area (Å²) in [6.45, 7) is 3.78. The number of hydrogen-bond donors (Lipinski definition) is 1. The number of carbonyl (C=O) groups excluding carboxylic acids is 1. The number of benzene rings is 1. The minimum absolute atomic E-state index is 0.0234. The first kappa shape index (κ1) is 15.4. The largest absolute Gasteiger partial charge is 0.322 e. The van der Waals surface area contributed by atoms with Crippen molar-refractivity contribution in [3.8, 4) is 0 Å². The number of carbonyl (C=O) groups is 1. The van der Waals surface area contributed by atoms with Crippen molar-refractivity contribution in [3.05, 3.63) is 53.2 Å². The molecule has 0 aliphatic rings. The summed E-state index contributed by atoms with van der Waals surface area (Å²) >= 11 is 0.266. The first-order chi connectivity index (χ1) is 9.97. The predicted molar refractivity (Wildman–Crippen MR) is 80.0 cm³/mol. The van der Waals surface area contributed by atoms with Gasteiger partial charge in [-0.2, -0.15) is 8.78 Å². The number of nitrogens with zero attached hydrogens (tertiary/aromatic N) is 1. The molecule has 2 rings (SSSR count). The van der Waals surface area contributed by atoms with E-state index in [1.165, 1.54) is 12.3 Å². The first-order valence-electron chi connectivity index (χ1n) is 6.26. The van der Waals surface area contributed by atoms with Crippen molar-refractivity contribution in [3.63, 3.8) is 0 Å². The normalized spacial score (nSPS) is 10.7. The lowest BCUT2D eigenvalue weighted by Gasteiger charge is -2.11. The third-order valence-electron chi connectivity index (χ3n) is 2.86. The predicted octanol–water partition coefficient (Wildman–Crippen LogP) is 4.27. The van der Waals surface area contributed by atoms with Crippen molar-refractivity contribution in [1.82, 2.24) is 4.98 Å². The van der Waals surface area contributed by atoms with Crippen LogP contribution in [0.15, 0.2) is 41.6 Å². The Bertz CT molecular complexity index is 662. The van der Waals surface area contributed by atoms with Crippen LogP contribution in [0.1, 0.15) is 21.5 Å². The molecule has 0 fully saturated rings. The Balaban J connectivity index is 2.26. The second kappa shape index (κ2) is 6.67. The van der Waals surface area contributed by atoms with Gasteiger partial charge in [0.1, 0.15) is 5.03 Å². The van der Waals surface area contributed by atoms with Crippen LogP contribution in [0.5, 0.6) is 0 Å². The van der Waals surface area contributed by atoms with Crippen LogP contribution in [0.4, 0.5) is 14.5 Å². The maximum Gasteiger partial charge on any atom is 0.290 e. The molecule has 0 aliphatic carbocycles. The third kappa shape index (κ3) is 4.01. The van der Waals surface area contributed by atoms with Gasteiger partial charge in [-0.15, -0.1) is 0 Å². The number of anilines is 1. The molecular weight excluding hydrogens is 294 g/mol. The maximum atomic E-state index is 12.5. The van der Waals surface area contributed by atoms with Crippen LogP contribution >= 0.6 is 11.8 Å². The van der Waals surface area contributed by atoms with E-state index in [4.69, 9.17) is 0 Å². The lowest BCUT2D eigenvalue weighted by molar-refractivity contribution is 0.102. The van der Waals surface area contributed by atoms with E-state index in [0.717, 1.165) is 11.1 Å². The molecular formula is C15H14F2N2OS. The standard InChI is InChI=1S/C15H14F2N2OS/c1-9-5-6-10(2)12(8-9)19-13(20)11-4-3-7-18-14(11)21-15(16)17/h3-8,15H,1-2H3,(H,19,20). The van der Waals surface area contributed by atoms with Crippen LogP contribution < -0.4 is 5.32 Å². The van der Waals surface area contributed by atoms with Crippen LogP contribution in [-0.2, 0) is 0 Å². The van der Waals surface area contributed by atoms with Crippen molar-refractivity contribution in [1.29, 1.82) is 0 Å². The number of amides is 1. The molecule has 0 atom stereocenters. The van der Waals surface area contributed by atoms with Crippen LogP contribution in [-0.4, -0.2) is 16.6 Å². The molecule has 110 valence electrons. The molecule has 1 aromatic carbocycles. The zero-order valence-corrected chi connectivity index (χ0v) is 12.4. The second-order valence-corrected chi connectivity index (χ2v) is 5.49. The Labute approximate surface area is 125 Å². The number of nitrogens with one attached hydrogen (secondary N) is 1. The highest BCUT2D eigenvalue weighted by molar-refractivity contribution is 7.99. The average molecular weight is 308 g/mol. The van der Waals surface area contributed by atoms with Gasteiger partial charge < -0.3 is 5.32 Å². The summed E-state index contributed by atoms with van der Waals surface area (Å²) in [6, 6.07) is 8.70. The summed E-state index contributed by atoms with van der Waals surface area (Å²) in [5, 5.41) is 2.77. The number of alkyl halides is 2. The van der Waals surface area contributed by atoms with Gasteiger partial charge in [0.15, 0.2) is 0 Å². The van der Waals surface area contributed by atoms with Gasteiger partial charge in [-0.3, -0.25) is 4.79 Å². The summed E-state index contributed by atoms with van der Waals surface area (Å²) in [7, 11) is 0. The van der Waals surface area contributed by atoms with E-state index < -0.39 is 11.7 Å². The van der Waals surface area contributed by atoms with Crippen molar-refractivity contribution in [2.75, 3.05) is 5.32 Å².